The van der Waals surface area contributed by atoms with Crippen LogP contribution in [-0.4, -0.2) is 17.4 Å². The number of aryl methyl sites for hydroxylation is 2. The Morgan fingerprint density at radius 1 is 1.53 bits per heavy atom. The van der Waals surface area contributed by atoms with E-state index in [1.807, 2.05) is 26.8 Å². The Bertz CT molecular complexity index is 673. The van der Waals surface area contributed by atoms with E-state index in [1.54, 1.807) is 0 Å². The Kier molecular flexibility index (Phi) is 3.57. The van der Waals surface area contributed by atoms with E-state index in [1.165, 1.54) is 11.3 Å². The van der Waals surface area contributed by atoms with Gasteiger partial charge in [0.05, 0.1) is 5.69 Å². The van der Waals surface area contributed by atoms with Gasteiger partial charge >= 0.3 is 0 Å². The Morgan fingerprint density at radius 2 is 2.21 bits per heavy atom. The monoisotopic (exact) mass is 275 g/mol. The third kappa shape index (κ3) is 2.61. The fourth-order valence-electron chi connectivity index (χ4n) is 1.95. The zero-order valence-electron chi connectivity index (χ0n) is 11.3. The van der Waals surface area contributed by atoms with Crippen molar-refractivity contribution in [1.29, 1.82) is 0 Å². The third-order valence-corrected chi connectivity index (χ3v) is 3.88. The number of anilines is 1. The van der Waals surface area contributed by atoms with Gasteiger partial charge in [0.1, 0.15) is 9.71 Å². The summed E-state index contributed by atoms with van der Waals surface area (Å²) in [6.45, 7) is 9.99. The van der Waals surface area contributed by atoms with Gasteiger partial charge < -0.3 is 11.1 Å². The highest BCUT2D eigenvalue weighted by molar-refractivity contribution is 7.21. The van der Waals surface area contributed by atoms with E-state index in [-0.39, 0.29) is 5.91 Å². The van der Waals surface area contributed by atoms with E-state index in [0.717, 1.165) is 27.0 Å². The average molecular weight is 275 g/mol. The van der Waals surface area contributed by atoms with Gasteiger partial charge in [-0.1, -0.05) is 12.2 Å². The molecule has 0 saturated carbocycles. The summed E-state index contributed by atoms with van der Waals surface area (Å²) in [5, 5.41) is 3.68. The lowest BCUT2D eigenvalue weighted by atomic mass is 10.1. The van der Waals surface area contributed by atoms with Gasteiger partial charge in [0.15, 0.2) is 0 Å². The van der Waals surface area contributed by atoms with Crippen LogP contribution < -0.4 is 11.1 Å². The highest BCUT2D eigenvalue weighted by Gasteiger charge is 2.18. The minimum absolute atomic E-state index is 0.166. The number of carbonyl (C=O) groups is 1. The minimum Gasteiger partial charge on any atom is -0.397 e. The maximum Gasteiger partial charge on any atom is 0.263 e. The zero-order chi connectivity index (χ0) is 14.2. The van der Waals surface area contributed by atoms with Crippen LogP contribution in [0.2, 0.25) is 0 Å². The molecule has 19 heavy (non-hydrogen) atoms. The molecule has 0 unspecified atom stereocenters. The predicted molar refractivity (Wildman–Crippen MR) is 80.7 cm³/mol. The summed E-state index contributed by atoms with van der Waals surface area (Å²) in [5.74, 6) is -0.166. The number of hydrogen-bond donors (Lipinski definition) is 2. The van der Waals surface area contributed by atoms with Crippen LogP contribution in [0.3, 0.4) is 0 Å². The van der Waals surface area contributed by atoms with E-state index in [2.05, 4.69) is 16.9 Å². The Balaban J connectivity index is 2.45. The fraction of sp³-hybridized carbons (Fsp3) is 0.286. The first-order valence-corrected chi connectivity index (χ1v) is 6.80. The number of thiophene rings is 1. The lowest BCUT2D eigenvalue weighted by Crippen LogP contribution is -2.24. The summed E-state index contributed by atoms with van der Waals surface area (Å²) >= 11 is 1.33. The average Bonchev–Trinajstić information content (AvgIpc) is 2.63. The third-order valence-electron chi connectivity index (χ3n) is 2.78. The number of pyridine rings is 1. The lowest BCUT2D eigenvalue weighted by molar-refractivity contribution is 0.0962. The van der Waals surface area contributed by atoms with E-state index in [4.69, 9.17) is 5.73 Å². The van der Waals surface area contributed by atoms with Gasteiger partial charge in [-0.25, -0.2) is 4.98 Å². The molecule has 2 aromatic heterocycles. The number of hydrogen-bond acceptors (Lipinski definition) is 4. The topological polar surface area (TPSA) is 68.0 Å². The minimum atomic E-state index is -0.166. The second-order valence-corrected chi connectivity index (χ2v) is 5.74. The van der Waals surface area contributed by atoms with Gasteiger partial charge in [0, 0.05) is 17.6 Å². The lowest BCUT2D eigenvalue weighted by Gasteiger charge is -2.03. The molecule has 1 amide bonds. The van der Waals surface area contributed by atoms with Gasteiger partial charge in [-0.15, -0.1) is 11.3 Å². The number of nitrogens with two attached hydrogens (primary N) is 1. The smallest absolute Gasteiger partial charge is 0.263 e. The van der Waals surface area contributed by atoms with Crippen LogP contribution >= 0.6 is 11.3 Å². The van der Waals surface area contributed by atoms with Gasteiger partial charge in [0.2, 0.25) is 0 Å². The molecule has 3 N–H and O–H groups in total. The second-order valence-electron chi connectivity index (χ2n) is 4.75. The summed E-state index contributed by atoms with van der Waals surface area (Å²) < 4.78 is 0. The number of carbonyl (C=O) groups excluding carboxylic acids is 1. The van der Waals surface area contributed by atoms with Crippen molar-refractivity contribution in [1.82, 2.24) is 10.3 Å². The van der Waals surface area contributed by atoms with Crippen LogP contribution in [-0.2, 0) is 0 Å². The Labute approximate surface area is 116 Å². The Morgan fingerprint density at radius 3 is 2.84 bits per heavy atom. The van der Waals surface area contributed by atoms with Crippen molar-refractivity contribution < 1.29 is 4.79 Å². The standard InChI is InChI=1S/C14H17N3OS/c1-7(2)6-16-13(18)12-11(15)10-8(3)5-9(4)17-14(10)19-12/h5H,1,6,15H2,2-4H3,(H,16,18). The molecule has 0 atom stereocenters. The number of aromatic nitrogens is 1. The molecule has 0 saturated heterocycles. The van der Waals surface area contributed by atoms with Crippen LogP contribution in [0.5, 0.6) is 0 Å². The van der Waals surface area contributed by atoms with Crippen molar-refractivity contribution in [3.63, 3.8) is 0 Å². The molecular weight excluding hydrogens is 258 g/mol. The Hall–Kier alpha value is -1.88. The van der Waals surface area contributed by atoms with E-state index in [9.17, 15) is 4.79 Å². The van der Waals surface area contributed by atoms with Crippen molar-refractivity contribution in [3.8, 4) is 0 Å². The number of nitrogen functional groups attached to an aromatic ring is 1. The molecule has 100 valence electrons. The van der Waals surface area contributed by atoms with E-state index in [0.29, 0.717) is 17.1 Å². The van der Waals surface area contributed by atoms with Crippen molar-refractivity contribution >= 4 is 33.1 Å². The SMILES string of the molecule is C=C(C)CNC(=O)c1sc2nc(C)cc(C)c2c1N. The largest absolute Gasteiger partial charge is 0.397 e. The molecule has 0 bridgehead atoms. The molecule has 0 aliphatic carbocycles. The maximum absolute atomic E-state index is 12.1. The summed E-state index contributed by atoms with van der Waals surface area (Å²) in [7, 11) is 0. The molecule has 0 fully saturated rings. The maximum atomic E-state index is 12.1. The molecule has 5 heteroatoms. The first-order valence-electron chi connectivity index (χ1n) is 5.99. The highest BCUT2D eigenvalue weighted by atomic mass is 32.1. The van der Waals surface area contributed by atoms with Gasteiger partial charge in [-0.3, -0.25) is 4.79 Å². The predicted octanol–water partition coefficient (Wildman–Crippen LogP) is 2.80. The molecule has 0 aliphatic rings. The van der Waals surface area contributed by atoms with E-state index < -0.39 is 0 Å². The molecule has 0 aromatic carbocycles. The molecule has 4 nitrogen and oxygen atoms in total. The molecular formula is C14H17N3OS. The number of nitrogens with zero attached hydrogens (tertiary/aromatic N) is 1. The van der Waals surface area contributed by atoms with Gasteiger partial charge in [-0.2, -0.15) is 0 Å². The first-order chi connectivity index (χ1) is 8.90. The molecule has 2 aromatic rings. The highest BCUT2D eigenvalue weighted by Crippen LogP contribution is 2.34. The number of fused-ring (bicyclic) bond motifs is 1. The molecule has 0 spiro atoms. The zero-order valence-corrected chi connectivity index (χ0v) is 12.1. The number of amides is 1. The van der Waals surface area contributed by atoms with Crippen LogP contribution in [0.15, 0.2) is 18.2 Å². The van der Waals surface area contributed by atoms with Crippen LogP contribution in [0.4, 0.5) is 5.69 Å². The van der Waals surface area contributed by atoms with Crippen molar-refractivity contribution in [2.45, 2.75) is 20.8 Å². The van der Waals surface area contributed by atoms with Gasteiger partial charge in [-0.05, 0) is 32.4 Å². The number of nitrogens with one attached hydrogen (secondary N) is 1. The summed E-state index contributed by atoms with van der Waals surface area (Å²) in [5.41, 5.74) is 9.49. The second kappa shape index (κ2) is 5.01. The van der Waals surface area contributed by atoms with Crippen molar-refractivity contribution in [2.75, 3.05) is 12.3 Å². The molecule has 2 rings (SSSR count). The van der Waals surface area contributed by atoms with Crippen LogP contribution in [0.1, 0.15) is 27.9 Å². The summed E-state index contributed by atoms with van der Waals surface area (Å²) in [6.07, 6.45) is 0. The van der Waals surface area contributed by atoms with Gasteiger partial charge in [0.25, 0.3) is 5.91 Å². The van der Waals surface area contributed by atoms with Crippen molar-refractivity contribution in [3.05, 3.63) is 34.4 Å². The molecule has 0 radical (unpaired) electrons. The van der Waals surface area contributed by atoms with E-state index >= 15 is 0 Å². The molecule has 0 aliphatic heterocycles. The quantitative estimate of drug-likeness (QED) is 0.846. The first kappa shape index (κ1) is 13.5. The summed E-state index contributed by atoms with van der Waals surface area (Å²) in [6, 6.07) is 1.97. The fourth-order valence-corrected chi connectivity index (χ4v) is 3.08. The normalized spacial score (nSPS) is 10.7. The van der Waals surface area contributed by atoms with Crippen LogP contribution in [0.25, 0.3) is 10.2 Å². The number of rotatable bonds is 3. The molecule has 2 heterocycles. The van der Waals surface area contributed by atoms with Crippen LogP contribution in [0, 0.1) is 13.8 Å². The van der Waals surface area contributed by atoms with Crippen molar-refractivity contribution in [2.24, 2.45) is 0 Å². The summed E-state index contributed by atoms with van der Waals surface area (Å²) in [4.78, 5) is 17.9.